The summed E-state index contributed by atoms with van der Waals surface area (Å²) in [7, 11) is 0. The minimum absolute atomic E-state index is 0.422. The SMILES string of the molecule is NC(=O)c1cccnc1-c1cccc2c1CCC2. The van der Waals surface area contributed by atoms with Crippen LogP contribution >= 0.6 is 0 Å². The molecule has 0 radical (unpaired) electrons. The molecule has 2 N–H and O–H groups in total. The monoisotopic (exact) mass is 238 g/mol. The largest absolute Gasteiger partial charge is 0.366 e. The number of hydrogen-bond donors (Lipinski definition) is 1. The van der Waals surface area contributed by atoms with Crippen molar-refractivity contribution in [1.29, 1.82) is 0 Å². The maximum atomic E-state index is 11.5. The second kappa shape index (κ2) is 4.26. The maximum Gasteiger partial charge on any atom is 0.250 e. The summed E-state index contributed by atoms with van der Waals surface area (Å²) in [6.07, 6.45) is 5.05. The lowest BCUT2D eigenvalue weighted by Crippen LogP contribution is -2.13. The van der Waals surface area contributed by atoms with Crippen LogP contribution in [0.4, 0.5) is 0 Å². The average Bonchev–Trinajstić information content (AvgIpc) is 2.86. The fourth-order valence-electron chi connectivity index (χ4n) is 2.66. The smallest absolute Gasteiger partial charge is 0.250 e. The number of rotatable bonds is 2. The first-order valence-corrected chi connectivity index (χ1v) is 6.13. The zero-order valence-corrected chi connectivity index (χ0v) is 10.0. The van der Waals surface area contributed by atoms with E-state index >= 15 is 0 Å². The number of primary amides is 1. The Bertz CT molecular complexity index is 620. The number of carbonyl (C=O) groups excluding carboxylic acids is 1. The lowest BCUT2D eigenvalue weighted by atomic mass is 9.97. The molecule has 0 fully saturated rings. The fourth-order valence-corrected chi connectivity index (χ4v) is 2.66. The first kappa shape index (κ1) is 11.0. The third kappa shape index (κ3) is 1.68. The van der Waals surface area contributed by atoms with Gasteiger partial charge in [-0.25, -0.2) is 0 Å². The molecule has 1 aliphatic rings. The van der Waals surface area contributed by atoms with Crippen LogP contribution < -0.4 is 5.73 Å². The Morgan fingerprint density at radius 1 is 1.17 bits per heavy atom. The van der Waals surface area contributed by atoms with Gasteiger partial charge in [0.25, 0.3) is 5.91 Å². The van der Waals surface area contributed by atoms with Gasteiger partial charge in [-0.05, 0) is 42.5 Å². The number of aryl methyl sites for hydroxylation is 1. The molecule has 1 heterocycles. The van der Waals surface area contributed by atoms with E-state index in [-0.39, 0.29) is 0 Å². The molecule has 3 rings (SSSR count). The predicted molar refractivity (Wildman–Crippen MR) is 70.2 cm³/mol. The molecule has 0 aliphatic heterocycles. The molecule has 0 bridgehead atoms. The lowest BCUT2D eigenvalue weighted by Gasteiger charge is -2.10. The van der Waals surface area contributed by atoms with Gasteiger partial charge in [-0.2, -0.15) is 0 Å². The van der Waals surface area contributed by atoms with Crippen LogP contribution in [0.5, 0.6) is 0 Å². The van der Waals surface area contributed by atoms with Crippen molar-refractivity contribution in [1.82, 2.24) is 4.98 Å². The Labute approximate surface area is 106 Å². The topological polar surface area (TPSA) is 56.0 Å². The van der Waals surface area contributed by atoms with Gasteiger partial charge in [-0.15, -0.1) is 0 Å². The third-order valence-electron chi connectivity index (χ3n) is 3.47. The van der Waals surface area contributed by atoms with E-state index in [9.17, 15) is 4.79 Å². The Morgan fingerprint density at radius 3 is 2.89 bits per heavy atom. The summed E-state index contributed by atoms with van der Waals surface area (Å²) in [5.74, 6) is -0.422. The van der Waals surface area contributed by atoms with E-state index in [1.165, 1.54) is 17.5 Å². The first-order chi connectivity index (χ1) is 8.77. The molecule has 0 spiro atoms. The van der Waals surface area contributed by atoms with E-state index in [4.69, 9.17) is 5.73 Å². The standard InChI is InChI=1S/C15H14N2O/c16-15(18)13-8-3-9-17-14(13)12-7-2-5-10-4-1-6-11(10)12/h2-3,5,7-9H,1,4,6H2,(H2,16,18). The number of nitrogens with zero attached hydrogens (tertiary/aromatic N) is 1. The van der Waals surface area contributed by atoms with Crippen molar-refractivity contribution < 1.29 is 4.79 Å². The predicted octanol–water partition coefficient (Wildman–Crippen LogP) is 2.34. The van der Waals surface area contributed by atoms with E-state index in [2.05, 4.69) is 11.1 Å². The van der Waals surface area contributed by atoms with E-state index in [0.29, 0.717) is 11.3 Å². The van der Waals surface area contributed by atoms with Crippen molar-refractivity contribution in [2.75, 3.05) is 0 Å². The van der Waals surface area contributed by atoms with Crippen LogP contribution in [0.1, 0.15) is 27.9 Å². The highest BCUT2D eigenvalue weighted by Crippen LogP contribution is 2.32. The molecule has 2 aromatic rings. The van der Waals surface area contributed by atoms with E-state index < -0.39 is 5.91 Å². The normalized spacial score (nSPS) is 13.3. The number of fused-ring (bicyclic) bond motifs is 1. The van der Waals surface area contributed by atoms with Crippen LogP contribution in [0.15, 0.2) is 36.5 Å². The average molecular weight is 238 g/mol. The highest BCUT2D eigenvalue weighted by Gasteiger charge is 2.19. The van der Waals surface area contributed by atoms with Gasteiger partial charge in [0.1, 0.15) is 0 Å². The molecule has 3 nitrogen and oxygen atoms in total. The van der Waals surface area contributed by atoms with Crippen molar-refractivity contribution in [2.24, 2.45) is 5.73 Å². The van der Waals surface area contributed by atoms with Crippen molar-refractivity contribution in [3.63, 3.8) is 0 Å². The van der Waals surface area contributed by atoms with Gasteiger partial charge in [-0.3, -0.25) is 9.78 Å². The van der Waals surface area contributed by atoms with E-state index in [1.54, 1.807) is 18.3 Å². The van der Waals surface area contributed by atoms with Gasteiger partial charge < -0.3 is 5.73 Å². The van der Waals surface area contributed by atoms with Gasteiger partial charge >= 0.3 is 0 Å². The highest BCUT2D eigenvalue weighted by atomic mass is 16.1. The Balaban J connectivity index is 2.22. The number of nitrogens with two attached hydrogens (primary N) is 1. The molecular weight excluding hydrogens is 224 g/mol. The zero-order chi connectivity index (χ0) is 12.5. The number of aromatic nitrogens is 1. The minimum Gasteiger partial charge on any atom is -0.366 e. The molecule has 1 aromatic heterocycles. The fraction of sp³-hybridized carbons (Fsp3) is 0.200. The molecule has 0 saturated heterocycles. The second-order valence-electron chi connectivity index (χ2n) is 4.56. The Morgan fingerprint density at radius 2 is 2.06 bits per heavy atom. The molecule has 1 amide bonds. The summed E-state index contributed by atoms with van der Waals surface area (Å²) in [4.78, 5) is 15.8. The molecule has 1 aliphatic carbocycles. The molecule has 0 saturated carbocycles. The molecule has 3 heteroatoms. The van der Waals surface area contributed by atoms with Crippen LogP contribution in [0.2, 0.25) is 0 Å². The van der Waals surface area contributed by atoms with Gasteiger partial charge in [0.15, 0.2) is 0 Å². The molecule has 0 atom stereocenters. The maximum absolute atomic E-state index is 11.5. The highest BCUT2D eigenvalue weighted by molar-refractivity contribution is 5.99. The molecular formula is C15H14N2O. The quantitative estimate of drug-likeness (QED) is 0.873. The number of carbonyl (C=O) groups is 1. The van der Waals surface area contributed by atoms with Crippen LogP contribution in [-0.2, 0) is 12.8 Å². The number of pyridine rings is 1. The third-order valence-corrected chi connectivity index (χ3v) is 3.47. The van der Waals surface area contributed by atoms with Gasteiger partial charge in [-0.1, -0.05) is 18.2 Å². The summed E-state index contributed by atoms with van der Waals surface area (Å²) in [6, 6.07) is 9.68. The second-order valence-corrected chi connectivity index (χ2v) is 4.56. The van der Waals surface area contributed by atoms with Crippen molar-refractivity contribution in [3.8, 4) is 11.3 Å². The van der Waals surface area contributed by atoms with Gasteiger partial charge in [0, 0.05) is 11.8 Å². The van der Waals surface area contributed by atoms with Crippen LogP contribution in [-0.4, -0.2) is 10.9 Å². The van der Waals surface area contributed by atoms with Crippen molar-refractivity contribution in [3.05, 3.63) is 53.2 Å². The molecule has 0 unspecified atom stereocenters. The number of amides is 1. The van der Waals surface area contributed by atoms with Crippen LogP contribution in [0.3, 0.4) is 0 Å². The molecule has 18 heavy (non-hydrogen) atoms. The van der Waals surface area contributed by atoms with Gasteiger partial charge in [0.2, 0.25) is 0 Å². The number of benzene rings is 1. The van der Waals surface area contributed by atoms with Crippen LogP contribution in [0, 0.1) is 0 Å². The molecule has 1 aromatic carbocycles. The van der Waals surface area contributed by atoms with Gasteiger partial charge in [0.05, 0.1) is 11.3 Å². The first-order valence-electron chi connectivity index (χ1n) is 6.13. The molecule has 90 valence electrons. The lowest BCUT2D eigenvalue weighted by molar-refractivity contribution is 0.100. The summed E-state index contributed by atoms with van der Waals surface area (Å²) in [5, 5.41) is 0. The van der Waals surface area contributed by atoms with E-state index in [1.807, 2.05) is 12.1 Å². The Hall–Kier alpha value is -2.16. The zero-order valence-electron chi connectivity index (χ0n) is 10.0. The number of hydrogen-bond acceptors (Lipinski definition) is 2. The van der Waals surface area contributed by atoms with E-state index in [0.717, 1.165) is 18.4 Å². The minimum atomic E-state index is -0.422. The summed E-state index contributed by atoms with van der Waals surface area (Å²) in [5.41, 5.74) is 10.4. The Kier molecular flexibility index (Phi) is 2.59. The van der Waals surface area contributed by atoms with Crippen molar-refractivity contribution >= 4 is 5.91 Å². The summed E-state index contributed by atoms with van der Waals surface area (Å²) < 4.78 is 0. The summed E-state index contributed by atoms with van der Waals surface area (Å²) in [6.45, 7) is 0. The van der Waals surface area contributed by atoms with Crippen LogP contribution in [0.25, 0.3) is 11.3 Å². The van der Waals surface area contributed by atoms with Crippen molar-refractivity contribution in [2.45, 2.75) is 19.3 Å². The summed E-state index contributed by atoms with van der Waals surface area (Å²) >= 11 is 0.